The van der Waals surface area contributed by atoms with Gasteiger partial charge in [-0.05, 0) is 29.0 Å². The van der Waals surface area contributed by atoms with Gasteiger partial charge in [0.05, 0.1) is 38.1 Å². The molecule has 0 unspecified atom stereocenters. The highest BCUT2D eigenvalue weighted by atomic mass is 32.2. The molecule has 1 aliphatic rings. The van der Waals surface area contributed by atoms with Crippen LogP contribution in [-0.4, -0.2) is 173 Å². The number of benzene rings is 1. The van der Waals surface area contributed by atoms with E-state index in [1.165, 1.54) is 31.3 Å². The van der Waals surface area contributed by atoms with Crippen LogP contribution < -0.4 is 10.0 Å². The molecule has 53 heavy (non-hydrogen) atoms. The van der Waals surface area contributed by atoms with E-state index in [0.717, 1.165) is 10.8 Å². The van der Waals surface area contributed by atoms with Crippen molar-refractivity contribution in [1.82, 2.24) is 39.2 Å². The van der Waals surface area contributed by atoms with Gasteiger partial charge in [-0.3, -0.25) is 38.8 Å². The van der Waals surface area contributed by atoms with Crippen molar-refractivity contribution in [1.29, 1.82) is 0 Å². The number of nitrogens with one attached hydrogen (secondary N) is 2. The summed E-state index contributed by atoms with van der Waals surface area (Å²) in [6.45, 7) is 0.882. The van der Waals surface area contributed by atoms with E-state index in [4.69, 9.17) is 4.74 Å². The lowest BCUT2D eigenvalue weighted by Crippen LogP contribution is -2.49. The minimum Gasteiger partial charge on any atom is -0.480 e. The van der Waals surface area contributed by atoms with Gasteiger partial charge in [-0.25, -0.2) is 22.5 Å². The number of carbonyl (C=O) groups excluding carboxylic acids is 2. The van der Waals surface area contributed by atoms with Gasteiger partial charge in [0.2, 0.25) is 5.91 Å². The van der Waals surface area contributed by atoms with Crippen LogP contribution in [0.15, 0.2) is 35.4 Å². The van der Waals surface area contributed by atoms with Crippen LogP contribution in [-0.2, 0) is 54.0 Å². The van der Waals surface area contributed by atoms with Gasteiger partial charge in [0.1, 0.15) is 6.20 Å². The Morgan fingerprint density at radius 2 is 1.26 bits per heavy atom. The Labute approximate surface area is 304 Å². The van der Waals surface area contributed by atoms with E-state index in [-0.39, 0.29) is 102 Å². The molecule has 2 aromatic rings. The number of carbonyl (C=O) groups is 5. The van der Waals surface area contributed by atoms with Gasteiger partial charge in [-0.1, -0.05) is 17.1 Å². The lowest BCUT2D eigenvalue weighted by Gasteiger charge is -2.32. The van der Waals surface area contributed by atoms with Crippen LogP contribution in [0.25, 0.3) is 0 Å². The number of rotatable bonds is 16. The Morgan fingerprint density at radius 3 is 1.68 bits per heavy atom. The summed E-state index contributed by atoms with van der Waals surface area (Å²) in [5, 5.41) is 41.8. The largest absolute Gasteiger partial charge is 0.480 e. The van der Waals surface area contributed by atoms with Gasteiger partial charge < -0.3 is 35.5 Å². The molecule has 0 bridgehead atoms. The van der Waals surface area contributed by atoms with Crippen molar-refractivity contribution in [3.05, 3.63) is 51.8 Å². The number of hydrogen-bond acceptors (Lipinski definition) is 15. The molecule has 1 aromatic carbocycles. The SMILES string of the molecule is Cn1c(COC(=O)NS(=O)(=O)c2ccc(CCNC(=O)CN3CCN(CC(=O)O)CCN(CC(=O)O)CCN(CC(=O)O)CC3)cc2)cnc1[N+](=O)[O-]. The molecule has 2 heterocycles. The third kappa shape index (κ3) is 14.7. The number of hydrogen-bond donors (Lipinski definition) is 5. The van der Waals surface area contributed by atoms with Crippen LogP contribution in [0.4, 0.5) is 10.7 Å². The second-order valence-electron chi connectivity index (χ2n) is 12.1. The first-order valence-electron chi connectivity index (χ1n) is 16.3. The number of carboxylic acid groups (broad SMARTS) is 3. The molecule has 2 amide bonds. The molecule has 23 heteroatoms. The summed E-state index contributed by atoms with van der Waals surface area (Å²) in [6.07, 6.45) is 0.144. The molecule has 0 atom stereocenters. The van der Waals surface area contributed by atoms with E-state index in [0.29, 0.717) is 12.0 Å². The van der Waals surface area contributed by atoms with Crippen molar-refractivity contribution >= 4 is 45.9 Å². The fourth-order valence-electron chi connectivity index (χ4n) is 5.30. The maximum atomic E-state index is 12.9. The van der Waals surface area contributed by atoms with Crippen LogP contribution in [0.2, 0.25) is 0 Å². The monoisotopic (exact) mass is 769 g/mol. The van der Waals surface area contributed by atoms with Crippen molar-refractivity contribution in [2.75, 3.05) is 85.1 Å². The van der Waals surface area contributed by atoms with Gasteiger partial charge in [-0.15, -0.1) is 0 Å². The highest BCUT2D eigenvalue weighted by Crippen LogP contribution is 2.13. The number of sulfonamides is 1. The van der Waals surface area contributed by atoms with Gasteiger partial charge in [0.15, 0.2) is 12.3 Å². The molecular formula is C30H43N9O13S. The predicted molar refractivity (Wildman–Crippen MR) is 182 cm³/mol. The summed E-state index contributed by atoms with van der Waals surface area (Å²) >= 11 is 0. The molecule has 0 spiro atoms. The number of nitro groups is 1. The number of ether oxygens (including phenoxy) is 1. The zero-order valence-electron chi connectivity index (χ0n) is 29.0. The Kier molecular flexibility index (Phi) is 16.0. The van der Waals surface area contributed by atoms with E-state index < -0.39 is 51.5 Å². The molecule has 0 aliphatic carbocycles. The smallest absolute Gasteiger partial charge is 0.434 e. The van der Waals surface area contributed by atoms with Crippen molar-refractivity contribution in [3.63, 3.8) is 0 Å². The molecule has 1 aromatic heterocycles. The van der Waals surface area contributed by atoms with E-state index in [1.54, 1.807) is 24.3 Å². The Bertz CT molecular complexity index is 1690. The van der Waals surface area contributed by atoms with Crippen LogP contribution in [0, 0.1) is 10.1 Å². The van der Waals surface area contributed by atoms with E-state index >= 15 is 0 Å². The van der Waals surface area contributed by atoms with Crippen LogP contribution in [0.3, 0.4) is 0 Å². The van der Waals surface area contributed by atoms with E-state index in [1.807, 2.05) is 0 Å². The highest BCUT2D eigenvalue weighted by molar-refractivity contribution is 7.90. The summed E-state index contributed by atoms with van der Waals surface area (Å²) < 4.78 is 33.1. The van der Waals surface area contributed by atoms with E-state index in [2.05, 4.69) is 10.3 Å². The Morgan fingerprint density at radius 1 is 0.811 bits per heavy atom. The third-order valence-electron chi connectivity index (χ3n) is 8.14. The number of nitrogens with zero attached hydrogens (tertiary/aromatic N) is 7. The number of amides is 2. The van der Waals surface area contributed by atoms with Gasteiger partial charge in [0.25, 0.3) is 10.0 Å². The Balaban J connectivity index is 1.53. The van der Waals surface area contributed by atoms with Gasteiger partial charge in [-0.2, -0.15) is 0 Å². The molecule has 22 nitrogen and oxygen atoms in total. The first-order valence-corrected chi connectivity index (χ1v) is 17.8. The van der Waals surface area contributed by atoms with Crippen molar-refractivity contribution in [2.24, 2.45) is 7.05 Å². The molecule has 1 saturated heterocycles. The molecule has 3 rings (SSSR count). The lowest BCUT2D eigenvalue weighted by atomic mass is 10.1. The zero-order chi connectivity index (χ0) is 39.1. The molecule has 0 saturated carbocycles. The summed E-state index contributed by atoms with van der Waals surface area (Å²) in [6, 6.07) is 5.53. The second kappa shape index (κ2) is 20.1. The minimum atomic E-state index is -4.32. The molecule has 1 fully saturated rings. The quantitative estimate of drug-likeness (QED) is 0.0918. The van der Waals surface area contributed by atoms with Crippen molar-refractivity contribution in [3.8, 4) is 0 Å². The average molecular weight is 770 g/mol. The number of carboxylic acids is 3. The number of imidazole rings is 1. The average Bonchev–Trinajstić information content (AvgIpc) is 3.44. The maximum Gasteiger partial charge on any atom is 0.434 e. The summed E-state index contributed by atoms with van der Waals surface area (Å²) in [4.78, 5) is 79.7. The number of aliphatic carboxylic acids is 3. The fourth-order valence-corrected chi connectivity index (χ4v) is 6.19. The predicted octanol–water partition coefficient (Wildman–Crippen LogP) is -1.92. The maximum absolute atomic E-state index is 12.9. The minimum absolute atomic E-state index is 0.0661. The van der Waals surface area contributed by atoms with Crippen molar-refractivity contribution in [2.45, 2.75) is 17.9 Å². The second-order valence-corrected chi connectivity index (χ2v) is 13.8. The molecule has 1 aliphatic heterocycles. The summed E-state index contributed by atoms with van der Waals surface area (Å²) in [5.74, 6) is -4.00. The topological polar surface area (TPSA) is 287 Å². The first-order chi connectivity index (χ1) is 25.0. The van der Waals surface area contributed by atoms with E-state index in [9.17, 15) is 57.8 Å². The van der Waals surface area contributed by atoms with Gasteiger partial charge >= 0.3 is 29.9 Å². The summed E-state index contributed by atoms with van der Waals surface area (Å²) in [5.41, 5.74) is 0.831. The molecule has 292 valence electrons. The zero-order valence-corrected chi connectivity index (χ0v) is 29.8. The highest BCUT2D eigenvalue weighted by Gasteiger charge is 2.23. The first kappa shape index (κ1) is 42.2. The van der Waals surface area contributed by atoms with Crippen LogP contribution in [0.5, 0.6) is 0 Å². The van der Waals surface area contributed by atoms with Gasteiger partial charge in [0, 0.05) is 58.9 Å². The van der Waals surface area contributed by atoms with Crippen LogP contribution >= 0.6 is 0 Å². The molecule has 0 radical (unpaired) electrons. The third-order valence-corrected chi connectivity index (χ3v) is 9.46. The van der Waals surface area contributed by atoms with Crippen molar-refractivity contribution < 1.29 is 57.4 Å². The lowest BCUT2D eigenvalue weighted by molar-refractivity contribution is -0.396. The van der Waals surface area contributed by atoms with Crippen LogP contribution in [0.1, 0.15) is 11.3 Å². The normalized spacial score (nSPS) is 15.8. The number of aromatic nitrogens is 2. The molecule has 5 N–H and O–H groups in total. The standard InChI is InChI=1S/C30H43N9O13S/c1-34-23(16-32-29(34)39(48)49)21-52-30(47)33-53(50,51)24-4-2-22(3-5-24)6-7-31-25(40)17-35-8-10-36(18-26(41)42)12-14-38(20-28(45)46)15-13-37(11-9-35)19-27(43)44/h2-5,16H,6-15,17-21H2,1H3,(H,31,40)(H,33,47)(H,41,42)(H,43,44)(H,45,46). The molecular weight excluding hydrogens is 726 g/mol. The summed E-state index contributed by atoms with van der Waals surface area (Å²) in [7, 11) is -2.98. The Hall–Kier alpha value is -5.23. The fraction of sp³-hybridized carbons (Fsp3) is 0.533.